The molecule has 6 N–H and O–H groups in total. The third kappa shape index (κ3) is 5.55. The minimum absolute atomic E-state index is 0.256. The average molecular weight is 459 g/mol. The van der Waals surface area contributed by atoms with Gasteiger partial charge >= 0.3 is 6.09 Å². The predicted molar refractivity (Wildman–Crippen MR) is 133 cm³/mol. The summed E-state index contributed by atoms with van der Waals surface area (Å²) in [7, 11) is 0. The molecule has 7 nitrogen and oxygen atoms in total. The maximum atomic E-state index is 12.5. The molecule has 2 amide bonds. The fourth-order valence-corrected chi connectivity index (χ4v) is 3.81. The molecular weight excluding hydrogens is 428 g/mol. The van der Waals surface area contributed by atoms with E-state index in [4.69, 9.17) is 16.2 Å². The summed E-state index contributed by atoms with van der Waals surface area (Å²) in [6.07, 6.45) is 0.509. The van der Waals surface area contributed by atoms with Crippen molar-refractivity contribution in [3.8, 4) is 0 Å². The smallest absolute Gasteiger partial charge is 0.408 e. The molecule has 0 spiro atoms. The number of hydrogen-bond acceptors (Lipinski definition) is 5. The molecular formula is C27H30N4O3. The average Bonchev–Trinajstić information content (AvgIpc) is 3.56. The van der Waals surface area contributed by atoms with Gasteiger partial charge in [-0.25, -0.2) is 4.79 Å². The Morgan fingerprint density at radius 3 is 2.26 bits per heavy atom. The minimum Gasteiger partial charge on any atom is -0.439 e. The summed E-state index contributed by atoms with van der Waals surface area (Å²) in [6, 6.07) is 22.4. The third-order valence-electron chi connectivity index (χ3n) is 6.08. The van der Waals surface area contributed by atoms with E-state index in [2.05, 4.69) is 22.8 Å². The fraction of sp³-hybridized carbons (Fsp3) is 0.259. The molecule has 0 aliphatic heterocycles. The molecule has 34 heavy (non-hydrogen) atoms. The zero-order chi connectivity index (χ0) is 24.3. The van der Waals surface area contributed by atoms with Gasteiger partial charge in [-0.05, 0) is 61.2 Å². The second kappa shape index (κ2) is 9.57. The summed E-state index contributed by atoms with van der Waals surface area (Å²) in [5, 5.41) is 5.56. The largest absolute Gasteiger partial charge is 0.439 e. The van der Waals surface area contributed by atoms with Crippen molar-refractivity contribution < 1.29 is 14.3 Å². The van der Waals surface area contributed by atoms with Crippen LogP contribution in [0.1, 0.15) is 53.2 Å². The number of nitrogens with two attached hydrogens (primary N) is 2. The number of amides is 2. The van der Waals surface area contributed by atoms with Gasteiger partial charge in [0.2, 0.25) is 0 Å². The van der Waals surface area contributed by atoms with Crippen LogP contribution in [0.2, 0.25) is 0 Å². The first-order valence-electron chi connectivity index (χ1n) is 11.3. The zero-order valence-electron chi connectivity index (χ0n) is 19.4. The van der Waals surface area contributed by atoms with Crippen LogP contribution in [0.15, 0.2) is 72.8 Å². The van der Waals surface area contributed by atoms with Crippen LogP contribution in [0.4, 0.5) is 16.2 Å². The van der Waals surface area contributed by atoms with Crippen molar-refractivity contribution in [2.75, 3.05) is 11.1 Å². The highest BCUT2D eigenvalue weighted by atomic mass is 16.6. The number of carbonyl (C=O) groups is 2. The molecule has 0 saturated heterocycles. The van der Waals surface area contributed by atoms with Gasteiger partial charge in [0.25, 0.3) is 5.91 Å². The molecule has 0 radical (unpaired) electrons. The Balaban J connectivity index is 1.28. The van der Waals surface area contributed by atoms with Gasteiger partial charge in [0.1, 0.15) is 5.60 Å². The van der Waals surface area contributed by atoms with Crippen molar-refractivity contribution in [2.45, 2.75) is 44.4 Å². The molecule has 1 saturated carbocycles. The number of carbonyl (C=O) groups excluding carboxylic acids is 2. The summed E-state index contributed by atoms with van der Waals surface area (Å²) in [4.78, 5) is 24.9. The van der Waals surface area contributed by atoms with Crippen molar-refractivity contribution in [1.82, 2.24) is 5.32 Å². The first-order valence-corrected chi connectivity index (χ1v) is 11.3. The van der Waals surface area contributed by atoms with E-state index in [0.717, 1.165) is 17.5 Å². The molecule has 1 unspecified atom stereocenters. The molecule has 0 bridgehead atoms. The number of rotatable bonds is 7. The van der Waals surface area contributed by atoms with E-state index in [1.54, 1.807) is 48.5 Å². The number of benzene rings is 3. The topological polar surface area (TPSA) is 119 Å². The van der Waals surface area contributed by atoms with Crippen LogP contribution in [0, 0.1) is 0 Å². The number of anilines is 2. The number of nitrogen functional groups attached to an aromatic ring is 1. The van der Waals surface area contributed by atoms with Crippen LogP contribution in [-0.2, 0) is 16.9 Å². The molecule has 1 aliphatic rings. The Morgan fingerprint density at radius 2 is 1.65 bits per heavy atom. The van der Waals surface area contributed by atoms with Crippen LogP contribution in [0.25, 0.3) is 0 Å². The lowest BCUT2D eigenvalue weighted by atomic mass is 9.96. The number of alkyl carbamates (subject to hydrolysis) is 1. The van der Waals surface area contributed by atoms with E-state index in [1.165, 1.54) is 5.56 Å². The lowest BCUT2D eigenvalue weighted by Crippen LogP contribution is -2.32. The van der Waals surface area contributed by atoms with Crippen molar-refractivity contribution in [2.24, 2.45) is 5.73 Å². The summed E-state index contributed by atoms with van der Waals surface area (Å²) < 4.78 is 5.67. The van der Waals surface area contributed by atoms with E-state index in [0.29, 0.717) is 22.9 Å². The number of ether oxygens (including phenoxy) is 1. The lowest BCUT2D eigenvalue weighted by Gasteiger charge is -2.26. The van der Waals surface area contributed by atoms with Crippen LogP contribution in [0.5, 0.6) is 0 Å². The van der Waals surface area contributed by atoms with E-state index in [1.807, 2.05) is 26.0 Å². The van der Waals surface area contributed by atoms with Crippen molar-refractivity contribution in [1.29, 1.82) is 0 Å². The Hall–Kier alpha value is -3.84. The maximum Gasteiger partial charge on any atom is 0.408 e. The first kappa shape index (κ1) is 23.3. The molecule has 3 aromatic rings. The first-order chi connectivity index (χ1) is 16.2. The van der Waals surface area contributed by atoms with Gasteiger partial charge in [0, 0.05) is 24.1 Å². The molecule has 7 heteroatoms. The molecule has 1 fully saturated rings. The highest BCUT2D eigenvalue weighted by molar-refractivity contribution is 6.05. The van der Waals surface area contributed by atoms with Gasteiger partial charge in [-0.1, -0.05) is 48.5 Å². The summed E-state index contributed by atoms with van der Waals surface area (Å²) in [5.74, 6) is 0.184. The standard InChI is InChI=1S/C27H30N4O3/c1-27(2,20-13-11-18(12-14-20)21-15-23(21)29)34-26(33)30-16-17-7-9-19(10-8-17)25(32)31-24-6-4-3-5-22(24)28/h3-14,21,23H,15-16,28-29H2,1-2H3,(H,30,33)(H,31,32)/t21?,23-/m0/s1. The van der Waals surface area contributed by atoms with E-state index in [9.17, 15) is 9.59 Å². The molecule has 0 aromatic heterocycles. The Bertz CT molecular complexity index is 1170. The van der Waals surface area contributed by atoms with E-state index < -0.39 is 11.7 Å². The summed E-state index contributed by atoms with van der Waals surface area (Å²) in [5.41, 5.74) is 15.6. The molecule has 4 rings (SSSR count). The SMILES string of the molecule is CC(C)(OC(=O)NCc1ccc(C(=O)Nc2ccccc2N)cc1)c1ccc(C2C[C@@H]2N)cc1. The quantitative estimate of drug-likeness (QED) is 0.389. The molecule has 3 aromatic carbocycles. The highest BCUT2D eigenvalue weighted by Crippen LogP contribution is 2.39. The number of nitrogens with one attached hydrogen (secondary N) is 2. The lowest BCUT2D eigenvalue weighted by molar-refractivity contribution is 0.0361. The molecule has 0 heterocycles. The van der Waals surface area contributed by atoms with Gasteiger partial charge in [-0.2, -0.15) is 0 Å². The Kier molecular flexibility index (Phi) is 6.56. The molecule has 2 atom stereocenters. The van der Waals surface area contributed by atoms with Gasteiger partial charge in [-0.3, -0.25) is 4.79 Å². The van der Waals surface area contributed by atoms with Crippen LogP contribution in [-0.4, -0.2) is 18.0 Å². The summed E-state index contributed by atoms with van der Waals surface area (Å²) >= 11 is 0. The minimum atomic E-state index is -0.782. The number of para-hydroxylation sites is 2. The van der Waals surface area contributed by atoms with Crippen molar-refractivity contribution in [3.05, 3.63) is 95.1 Å². The van der Waals surface area contributed by atoms with E-state index in [-0.39, 0.29) is 18.5 Å². The number of hydrogen-bond donors (Lipinski definition) is 4. The maximum absolute atomic E-state index is 12.5. The molecule has 176 valence electrons. The Labute approximate surface area is 199 Å². The van der Waals surface area contributed by atoms with Crippen molar-refractivity contribution >= 4 is 23.4 Å². The van der Waals surface area contributed by atoms with Crippen molar-refractivity contribution in [3.63, 3.8) is 0 Å². The van der Waals surface area contributed by atoms with Crippen LogP contribution < -0.4 is 22.1 Å². The van der Waals surface area contributed by atoms with Gasteiger partial charge in [0.15, 0.2) is 0 Å². The van der Waals surface area contributed by atoms with Gasteiger partial charge < -0.3 is 26.8 Å². The monoisotopic (exact) mass is 458 g/mol. The summed E-state index contributed by atoms with van der Waals surface area (Å²) in [6.45, 7) is 4.00. The fourth-order valence-electron chi connectivity index (χ4n) is 3.81. The van der Waals surface area contributed by atoms with Crippen LogP contribution in [0.3, 0.4) is 0 Å². The normalized spacial score (nSPS) is 17.0. The van der Waals surface area contributed by atoms with Gasteiger partial charge in [0.05, 0.1) is 11.4 Å². The second-order valence-electron chi connectivity index (χ2n) is 9.12. The Morgan fingerprint density at radius 1 is 1.00 bits per heavy atom. The van der Waals surface area contributed by atoms with Gasteiger partial charge in [-0.15, -0.1) is 0 Å². The predicted octanol–water partition coefficient (Wildman–Crippen LogP) is 4.50. The van der Waals surface area contributed by atoms with E-state index >= 15 is 0 Å². The molecule has 1 aliphatic carbocycles. The zero-order valence-corrected chi connectivity index (χ0v) is 19.4. The second-order valence-corrected chi connectivity index (χ2v) is 9.12. The third-order valence-corrected chi connectivity index (χ3v) is 6.08. The highest BCUT2D eigenvalue weighted by Gasteiger charge is 2.35. The van der Waals surface area contributed by atoms with Crippen LogP contribution >= 0.6 is 0 Å².